The highest BCUT2D eigenvalue weighted by Gasteiger charge is 2.13. The van der Waals surface area contributed by atoms with Crippen molar-refractivity contribution in [2.75, 3.05) is 5.32 Å². The van der Waals surface area contributed by atoms with Gasteiger partial charge in [-0.3, -0.25) is 0 Å². The Labute approximate surface area is 121 Å². The second-order valence-corrected chi connectivity index (χ2v) is 5.73. The van der Waals surface area contributed by atoms with E-state index in [1.807, 2.05) is 0 Å². The molecule has 1 aromatic carbocycles. The van der Waals surface area contributed by atoms with Crippen LogP contribution in [0.4, 0.5) is 5.82 Å². The Morgan fingerprint density at radius 1 is 1.10 bits per heavy atom. The monoisotopic (exact) mass is 266 g/mol. The molecule has 1 atom stereocenters. The molecule has 1 heterocycles. The Bertz CT molecular complexity index is 563. The van der Waals surface area contributed by atoms with Crippen LogP contribution < -0.4 is 5.32 Å². The third kappa shape index (κ3) is 3.19. The zero-order valence-corrected chi connectivity index (χ0v) is 12.1. The molecule has 104 valence electrons. The molecule has 0 radical (unpaired) electrons. The number of hydrogen-bond donors (Lipinski definition) is 1. The molecular formula is C18H22N2. The summed E-state index contributed by atoms with van der Waals surface area (Å²) in [7, 11) is 0. The smallest absolute Gasteiger partial charge is 0.126 e. The van der Waals surface area contributed by atoms with E-state index in [1.165, 1.54) is 29.7 Å². The highest BCUT2D eigenvalue weighted by molar-refractivity contribution is 5.41. The number of nitrogens with zero attached hydrogens (tertiary/aromatic N) is 1. The van der Waals surface area contributed by atoms with Crippen molar-refractivity contribution < 1.29 is 0 Å². The summed E-state index contributed by atoms with van der Waals surface area (Å²) >= 11 is 0. The minimum Gasteiger partial charge on any atom is -0.368 e. The van der Waals surface area contributed by atoms with Crippen LogP contribution in [0.25, 0.3) is 0 Å². The quantitative estimate of drug-likeness (QED) is 0.884. The summed E-state index contributed by atoms with van der Waals surface area (Å²) in [6.45, 7) is 2.23. The van der Waals surface area contributed by atoms with Crippen molar-refractivity contribution in [3.63, 3.8) is 0 Å². The van der Waals surface area contributed by atoms with Crippen molar-refractivity contribution in [2.24, 2.45) is 0 Å². The van der Waals surface area contributed by atoms with Gasteiger partial charge in [-0.25, -0.2) is 4.98 Å². The summed E-state index contributed by atoms with van der Waals surface area (Å²) in [4.78, 5) is 4.74. The molecule has 0 fully saturated rings. The predicted molar refractivity (Wildman–Crippen MR) is 84.1 cm³/mol. The maximum absolute atomic E-state index is 4.74. The minimum atomic E-state index is 0.446. The Kier molecular flexibility index (Phi) is 4.00. The molecule has 20 heavy (non-hydrogen) atoms. The molecule has 0 saturated carbocycles. The number of pyridine rings is 1. The minimum absolute atomic E-state index is 0.446. The molecule has 0 bridgehead atoms. The van der Waals surface area contributed by atoms with Gasteiger partial charge in [0.1, 0.15) is 5.82 Å². The van der Waals surface area contributed by atoms with Crippen LogP contribution in [-0.4, -0.2) is 11.0 Å². The summed E-state index contributed by atoms with van der Waals surface area (Å²) in [5.41, 5.74) is 4.14. The number of rotatable bonds is 5. The molecule has 0 amide bonds. The van der Waals surface area contributed by atoms with E-state index in [1.54, 1.807) is 0 Å². The zero-order chi connectivity index (χ0) is 13.8. The number of nitrogens with one attached hydrogen (secondary N) is 1. The Morgan fingerprint density at radius 2 is 1.95 bits per heavy atom. The van der Waals surface area contributed by atoms with E-state index < -0.39 is 0 Å². The summed E-state index contributed by atoms with van der Waals surface area (Å²) in [5.74, 6) is 1.03. The van der Waals surface area contributed by atoms with E-state index in [0.717, 1.165) is 25.1 Å². The first kappa shape index (κ1) is 13.2. The third-order valence-electron chi connectivity index (χ3n) is 4.03. The number of fused-ring (bicyclic) bond motifs is 1. The predicted octanol–water partition coefficient (Wildman–Crippen LogP) is 4.00. The van der Waals surface area contributed by atoms with Gasteiger partial charge in [0, 0.05) is 11.7 Å². The molecule has 0 spiro atoms. The maximum Gasteiger partial charge on any atom is 0.126 e. The van der Waals surface area contributed by atoms with Gasteiger partial charge in [0.15, 0.2) is 0 Å². The van der Waals surface area contributed by atoms with Gasteiger partial charge in [-0.05, 0) is 56.2 Å². The average molecular weight is 266 g/mol. The van der Waals surface area contributed by atoms with Crippen LogP contribution in [0, 0.1) is 0 Å². The van der Waals surface area contributed by atoms with Gasteiger partial charge in [0.05, 0.1) is 0 Å². The molecule has 2 nitrogen and oxygen atoms in total. The largest absolute Gasteiger partial charge is 0.368 e. The molecule has 2 heteroatoms. The molecule has 0 aliphatic heterocycles. The van der Waals surface area contributed by atoms with Gasteiger partial charge in [-0.1, -0.05) is 36.4 Å². The van der Waals surface area contributed by atoms with Crippen molar-refractivity contribution in [3.05, 3.63) is 59.3 Å². The summed E-state index contributed by atoms with van der Waals surface area (Å²) in [6.07, 6.45) is 5.84. The average Bonchev–Trinajstić information content (AvgIpc) is 2.94. The number of aryl methyl sites for hydroxylation is 3. The fraction of sp³-hybridized carbons (Fsp3) is 0.389. The van der Waals surface area contributed by atoms with Crippen LogP contribution in [0.15, 0.2) is 42.5 Å². The van der Waals surface area contributed by atoms with E-state index >= 15 is 0 Å². The van der Waals surface area contributed by atoms with Gasteiger partial charge in [-0.2, -0.15) is 0 Å². The first-order valence-electron chi connectivity index (χ1n) is 7.60. The van der Waals surface area contributed by atoms with Crippen LogP contribution in [0.3, 0.4) is 0 Å². The Balaban J connectivity index is 1.55. The third-order valence-corrected chi connectivity index (χ3v) is 4.03. The van der Waals surface area contributed by atoms with E-state index in [0.29, 0.717) is 6.04 Å². The normalized spacial score (nSPS) is 14.8. The lowest BCUT2D eigenvalue weighted by atomic mass is 10.1. The van der Waals surface area contributed by atoms with Crippen LogP contribution in [0.2, 0.25) is 0 Å². The second kappa shape index (κ2) is 6.08. The maximum atomic E-state index is 4.74. The van der Waals surface area contributed by atoms with Gasteiger partial charge in [0.25, 0.3) is 0 Å². The Morgan fingerprint density at radius 3 is 2.80 bits per heavy atom. The van der Waals surface area contributed by atoms with Gasteiger partial charge in [-0.15, -0.1) is 0 Å². The van der Waals surface area contributed by atoms with E-state index in [-0.39, 0.29) is 0 Å². The fourth-order valence-electron chi connectivity index (χ4n) is 2.85. The molecule has 2 aromatic rings. The number of benzene rings is 1. The molecule has 1 aliphatic carbocycles. The highest BCUT2D eigenvalue weighted by Crippen LogP contribution is 2.22. The van der Waals surface area contributed by atoms with Gasteiger partial charge in [0.2, 0.25) is 0 Å². The molecule has 1 aromatic heterocycles. The van der Waals surface area contributed by atoms with E-state index in [4.69, 9.17) is 4.98 Å². The second-order valence-electron chi connectivity index (χ2n) is 5.73. The number of anilines is 1. The van der Waals surface area contributed by atoms with Gasteiger partial charge < -0.3 is 5.32 Å². The lowest BCUT2D eigenvalue weighted by Crippen LogP contribution is -2.17. The number of aromatic nitrogens is 1. The van der Waals surface area contributed by atoms with Crippen molar-refractivity contribution in [2.45, 2.75) is 45.1 Å². The molecular weight excluding hydrogens is 244 g/mol. The summed E-state index contributed by atoms with van der Waals surface area (Å²) in [6, 6.07) is 15.5. The van der Waals surface area contributed by atoms with Crippen LogP contribution in [0.1, 0.15) is 36.6 Å². The zero-order valence-electron chi connectivity index (χ0n) is 12.1. The molecule has 1 aliphatic rings. The van der Waals surface area contributed by atoms with Crippen LogP contribution in [-0.2, 0) is 19.3 Å². The Hall–Kier alpha value is -1.83. The topological polar surface area (TPSA) is 24.9 Å². The highest BCUT2D eigenvalue weighted by atomic mass is 15.0. The lowest BCUT2D eigenvalue weighted by molar-refractivity contribution is 0.702. The standard InChI is InChI=1S/C18H22N2/c1-14(10-11-15-6-3-2-4-7-15)19-18-13-12-16-8-5-9-17(16)20-18/h2-4,6-7,12-14H,5,8-11H2,1H3,(H,19,20). The van der Waals surface area contributed by atoms with E-state index in [2.05, 4.69) is 54.7 Å². The molecule has 1 unspecified atom stereocenters. The van der Waals surface area contributed by atoms with Crippen molar-refractivity contribution >= 4 is 5.82 Å². The molecule has 0 saturated heterocycles. The van der Waals surface area contributed by atoms with Crippen molar-refractivity contribution in [3.8, 4) is 0 Å². The molecule has 1 N–H and O–H groups in total. The summed E-state index contributed by atoms with van der Waals surface area (Å²) < 4.78 is 0. The van der Waals surface area contributed by atoms with E-state index in [9.17, 15) is 0 Å². The fourth-order valence-corrected chi connectivity index (χ4v) is 2.85. The SMILES string of the molecule is CC(CCc1ccccc1)Nc1ccc2c(n1)CCC2. The van der Waals surface area contributed by atoms with Crippen molar-refractivity contribution in [1.29, 1.82) is 0 Å². The first-order valence-corrected chi connectivity index (χ1v) is 7.60. The van der Waals surface area contributed by atoms with Crippen LogP contribution >= 0.6 is 0 Å². The number of hydrogen-bond acceptors (Lipinski definition) is 2. The van der Waals surface area contributed by atoms with Crippen LogP contribution in [0.5, 0.6) is 0 Å². The summed E-state index contributed by atoms with van der Waals surface area (Å²) in [5, 5.41) is 3.53. The van der Waals surface area contributed by atoms with Crippen molar-refractivity contribution in [1.82, 2.24) is 4.98 Å². The lowest BCUT2D eigenvalue weighted by Gasteiger charge is -2.15. The molecule has 3 rings (SSSR count). The van der Waals surface area contributed by atoms with Gasteiger partial charge >= 0.3 is 0 Å². The first-order chi connectivity index (χ1) is 9.81.